The van der Waals surface area contributed by atoms with E-state index in [1.165, 1.54) is 0 Å². The van der Waals surface area contributed by atoms with Gasteiger partial charge in [-0.1, -0.05) is 36.4 Å². The standard InChI is InChI=1S/C26H26N2O4/c1-31-23-10-5-9-21(17-23)27-24(29)18-32-22-13-11-19(12-14-22)25(30)28-26(15-6-16-26)20-7-3-2-4-8-20/h2-5,7-14,17H,6,15-16,18H2,1H3,(H,27,29)(H,28,30). The lowest BCUT2D eigenvalue weighted by Crippen LogP contribution is -2.50. The van der Waals surface area contributed by atoms with Crippen LogP contribution in [0.15, 0.2) is 78.9 Å². The highest BCUT2D eigenvalue weighted by Gasteiger charge is 2.39. The lowest BCUT2D eigenvalue weighted by molar-refractivity contribution is -0.118. The van der Waals surface area contributed by atoms with Gasteiger partial charge in [-0.05, 0) is 61.2 Å². The summed E-state index contributed by atoms with van der Waals surface area (Å²) in [5.41, 5.74) is 2.04. The first-order valence-corrected chi connectivity index (χ1v) is 10.6. The second-order valence-electron chi connectivity index (χ2n) is 7.85. The predicted molar refractivity (Wildman–Crippen MR) is 123 cm³/mol. The highest BCUT2D eigenvalue weighted by molar-refractivity contribution is 5.95. The summed E-state index contributed by atoms with van der Waals surface area (Å²) in [6.45, 7) is -0.139. The molecule has 1 aliphatic rings. The van der Waals surface area contributed by atoms with Crippen LogP contribution < -0.4 is 20.1 Å². The average Bonchev–Trinajstić information content (AvgIpc) is 2.81. The molecule has 1 saturated carbocycles. The fourth-order valence-electron chi connectivity index (χ4n) is 3.81. The van der Waals surface area contributed by atoms with E-state index in [0.29, 0.717) is 22.7 Å². The van der Waals surface area contributed by atoms with E-state index < -0.39 is 0 Å². The van der Waals surface area contributed by atoms with Crippen LogP contribution in [0.3, 0.4) is 0 Å². The second-order valence-corrected chi connectivity index (χ2v) is 7.85. The Labute approximate surface area is 187 Å². The fraction of sp³-hybridized carbons (Fsp3) is 0.231. The third kappa shape index (κ3) is 4.91. The van der Waals surface area contributed by atoms with Crippen LogP contribution in [-0.2, 0) is 10.3 Å². The molecule has 0 heterocycles. The number of carbonyl (C=O) groups is 2. The highest BCUT2D eigenvalue weighted by atomic mass is 16.5. The SMILES string of the molecule is COc1cccc(NC(=O)COc2ccc(C(=O)NC3(c4ccccc4)CCC3)cc2)c1. The Bertz CT molecular complexity index is 1080. The quantitative estimate of drug-likeness (QED) is 0.551. The molecule has 1 aliphatic carbocycles. The van der Waals surface area contributed by atoms with E-state index in [-0.39, 0.29) is 24.0 Å². The summed E-state index contributed by atoms with van der Waals surface area (Å²) < 4.78 is 10.7. The maximum absolute atomic E-state index is 12.8. The highest BCUT2D eigenvalue weighted by Crippen LogP contribution is 2.41. The van der Waals surface area contributed by atoms with Crippen molar-refractivity contribution in [2.45, 2.75) is 24.8 Å². The molecule has 1 fully saturated rings. The van der Waals surface area contributed by atoms with E-state index in [9.17, 15) is 9.59 Å². The number of benzene rings is 3. The van der Waals surface area contributed by atoms with Crippen molar-refractivity contribution in [3.8, 4) is 11.5 Å². The summed E-state index contributed by atoms with van der Waals surface area (Å²) in [7, 11) is 1.57. The molecule has 4 rings (SSSR count). The van der Waals surface area contributed by atoms with Gasteiger partial charge in [0.15, 0.2) is 6.61 Å². The molecule has 3 aromatic carbocycles. The summed E-state index contributed by atoms with van der Waals surface area (Å²) in [6, 6.07) is 24.0. The Hall–Kier alpha value is -3.80. The Morgan fingerprint density at radius 3 is 2.31 bits per heavy atom. The Morgan fingerprint density at radius 2 is 1.66 bits per heavy atom. The maximum atomic E-state index is 12.8. The van der Waals surface area contributed by atoms with Crippen LogP contribution >= 0.6 is 0 Å². The zero-order valence-corrected chi connectivity index (χ0v) is 18.0. The van der Waals surface area contributed by atoms with Crippen molar-refractivity contribution in [1.82, 2.24) is 5.32 Å². The normalized spacial score (nSPS) is 14.0. The van der Waals surface area contributed by atoms with E-state index in [0.717, 1.165) is 24.8 Å². The summed E-state index contributed by atoms with van der Waals surface area (Å²) >= 11 is 0. The Kier molecular flexibility index (Phi) is 6.40. The minimum absolute atomic E-state index is 0.115. The molecule has 0 atom stereocenters. The molecule has 0 spiro atoms. The molecule has 0 saturated heterocycles. The lowest BCUT2D eigenvalue weighted by atomic mass is 9.71. The number of hydrogen-bond donors (Lipinski definition) is 2. The van der Waals surface area contributed by atoms with Crippen LogP contribution in [0.4, 0.5) is 5.69 Å². The van der Waals surface area contributed by atoms with Crippen LogP contribution in [-0.4, -0.2) is 25.5 Å². The lowest BCUT2D eigenvalue weighted by Gasteiger charge is -2.43. The van der Waals surface area contributed by atoms with Gasteiger partial charge in [-0.15, -0.1) is 0 Å². The van der Waals surface area contributed by atoms with E-state index in [1.807, 2.05) is 18.2 Å². The van der Waals surface area contributed by atoms with Crippen molar-refractivity contribution < 1.29 is 19.1 Å². The molecule has 6 heteroatoms. The van der Waals surface area contributed by atoms with Gasteiger partial charge in [0, 0.05) is 17.3 Å². The number of anilines is 1. The van der Waals surface area contributed by atoms with Gasteiger partial charge in [0.05, 0.1) is 12.6 Å². The minimum atomic E-state index is -0.286. The van der Waals surface area contributed by atoms with Gasteiger partial charge in [0.1, 0.15) is 11.5 Å². The van der Waals surface area contributed by atoms with Crippen LogP contribution in [0.5, 0.6) is 11.5 Å². The fourth-order valence-corrected chi connectivity index (χ4v) is 3.81. The van der Waals surface area contributed by atoms with Crippen LogP contribution in [0.2, 0.25) is 0 Å². The van der Waals surface area contributed by atoms with Crippen molar-refractivity contribution in [2.24, 2.45) is 0 Å². The van der Waals surface area contributed by atoms with E-state index in [4.69, 9.17) is 9.47 Å². The summed E-state index contributed by atoms with van der Waals surface area (Å²) in [4.78, 5) is 25.0. The smallest absolute Gasteiger partial charge is 0.262 e. The van der Waals surface area contributed by atoms with Crippen molar-refractivity contribution >= 4 is 17.5 Å². The zero-order valence-electron chi connectivity index (χ0n) is 18.0. The molecular formula is C26H26N2O4. The molecular weight excluding hydrogens is 404 g/mol. The topological polar surface area (TPSA) is 76.7 Å². The maximum Gasteiger partial charge on any atom is 0.262 e. The summed E-state index contributed by atoms with van der Waals surface area (Å²) in [5.74, 6) is 0.781. The van der Waals surface area contributed by atoms with Gasteiger partial charge in [-0.25, -0.2) is 0 Å². The van der Waals surface area contributed by atoms with E-state index in [2.05, 4.69) is 22.8 Å². The largest absolute Gasteiger partial charge is 0.497 e. The van der Waals surface area contributed by atoms with Crippen molar-refractivity contribution in [2.75, 3.05) is 19.0 Å². The molecule has 2 N–H and O–H groups in total. The molecule has 0 bridgehead atoms. The molecule has 32 heavy (non-hydrogen) atoms. The van der Waals surface area contributed by atoms with Crippen molar-refractivity contribution in [1.29, 1.82) is 0 Å². The van der Waals surface area contributed by atoms with Gasteiger partial charge < -0.3 is 20.1 Å². The van der Waals surface area contributed by atoms with Gasteiger partial charge in [-0.3, -0.25) is 9.59 Å². The van der Waals surface area contributed by atoms with E-state index >= 15 is 0 Å². The number of carbonyl (C=O) groups excluding carboxylic acids is 2. The second kappa shape index (κ2) is 9.56. The number of rotatable bonds is 8. The summed E-state index contributed by atoms with van der Waals surface area (Å²) in [5, 5.41) is 5.98. The molecule has 6 nitrogen and oxygen atoms in total. The van der Waals surface area contributed by atoms with Crippen LogP contribution in [0, 0.1) is 0 Å². The molecule has 164 valence electrons. The van der Waals surface area contributed by atoms with E-state index in [1.54, 1.807) is 55.6 Å². The third-order valence-electron chi connectivity index (χ3n) is 5.73. The van der Waals surface area contributed by atoms with Gasteiger partial charge in [0.25, 0.3) is 11.8 Å². The molecule has 0 radical (unpaired) electrons. The first-order valence-electron chi connectivity index (χ1n) is 10.6. The molecule has 2 amide bonds. The molecule has 3 aromatic rings. The Morgan fingerprint density at radius 1 is 0.906 bits per heavy atom. The van der Waals surface area contributed by atoms with Crippen molar-refractivity contribution in [3.63, 3.8) is 0 Å². The van der Waals surface area contributed by atoms with Crippen LogP contribution in [0.1, 0.15) is 35.2 Å². The first kappa shape index (κ1) is 21.4. The molecule has 0 aromatic heterocycles. The van der Waals surface area contributed by atoms with Gasteiger partial charge in [-0.2, -0.15) is 0 Å². The monoisotopic (exact) mass is 430 g/mol. The molecule has 0 unspecified atom stereocenters. The van der Waals surface area contributed by atoms with Gasteiger partial charge >= 0.3 is 0 Å². The predicted octanol–water partition coefficient (Wildman–Crippen LogP) is 4.52. The van der Waals surface area contributed by atoms with Gasteiger partial charge in [0.2, 0.25) is 0 Å². The number of methoxy groups -OCH3 is 1. The number of ether oxygens (including phenoxy) is 2. The summed E-state index contributed by atoms with van der Waals surface area (Å²) in [6.07, 6.45) is 2.97. The first-order chi connectivity index (χ1) is 15.6. The average molecular weight is 431 g/mol. The minimum Gasteiger partial charge on any atom is -0.497 e. The Balaban J connectivity index is 1.32. The van der Waals surface area contributed by atoms with Crippen molar-refractivity contribution in [3.05, 3.63) is 90.0 Å². The zero-order chi connectivity index (χ0) is 22.4. The van der Waals surface area contributed by atoms with Crippen LogP contribution in [0.25, 0.3) is 0 Å². The molecule has 0 aliphatic heterocycles. The number of amides is 2. The number of hydrogen-bond acceptors (Lipinski definition) is 4. The number of nitrogens with one attached hydrogen (secondary N) is 2. The third-order valence-corrected chi connectivity index (χ3v) is 5.73.